The Bertz CT molecular complexity index is 1040. The smallest absolute Gasteiger partial charge is 0.182 e. The molecule has 1 N–H and O–H groups in total. The molecule has 0 fully saturated rings. The van der Waals surface area contributed by atoms with Crippen molar-refractivity contribution in [2.24, 2.45) is 0 Å². The summed E-state index contributed by atoms with van der Waals surface area (Å²) in [6, 6.07) is 28.2. The Morgan fingerprint density at radius 2 is 1.50 bits per heavy atom. The maximum absolute atomic E-state index is 5.97. The van der Waals surface area contributed by atoms with Crippen LogP contribution in [0, 0.1) is 0 Å². The van der Waals surface area contributed by atoms with Crippen molar-refractivity contribution in [1.29, 1.82) is 0 Å². The molecule has 0 saturated carbocycles. The number of aromatic nitrogens is 1. The van der Waals surface area contributed by atoms with Crippen molar-refractivity contribution in [3.63, 3.8) is 0 Å². The molecule has 1 aromatic heterocycles. The number of halogens is 2. The molecule has 1 heterocycles. The van der Waals surface area contributed by atoms with Crippen LogP contribution in [0.25, 0.3) is 22.2 Å². The van der Waals surface area contributed by atoms with E-state index in [-0.39, 0.29) is 12.4 Å². The molecule has 0 saturated heterocycles. The number of benzene rings is 3. The van der Waals surface area contributed by atoms with E-state index in [4.69, 9.17) is 23.8 Å². The summed E-state index contributed by atoms with van der Waals surface area (Å²) < 4.78 is 2.08. The summed E-state index contributed by atoms with van der Waals surface area (Å²) in [4.78, 5) is 0. The van der Waals surface area contributed by atoms with E-state index in [0.29, 0.717) is 10.1 Å². The van der Waals surface area contributed by atoms with Crippen molar-refractivity contribution >= 4 is 57.9 Å². The number of para-hydroxylation sites is 1. The lowest BCUT2D eigenvalue weighted by atomic mass is 10.1. The lowest BCUT2D eigenvalue weighted by molar-refractivity contribution is 1.24. The van der Waals surface area contributed by atoms with Crippen molar-refractivity contribution < 1.29 is 0 Å². The summed E-state index contributed by atoms with van der Waals surface area (Å²) in [5, 5.41) is 5.79. The third-order valence-electron chi connectivity index (χ3n) is 4.08. The average molecular weight is 399 g/mol. The number of hydrogen-bond acceptors (Lipinski definition) is 1. The highest BCUT2D eigenvalue weighted by Crippen LogP contribution is 2.28. The third-order valence-corrected chi connectivity index (χ3v) is 4.62. The summed E-state index contributed by atoms with van der Waals surface area (Å²) >= 11 is 11.7. The fourth-order valence-electron chi connectivity index (χ4n) is 2.91. The van der Waals surface area contributed by atoms with Gasteiger partial charge in [-0.3, -0.25) is 4.57 Å². The number of nitrogens with zero attached hydrogens (tertiary/aromatic N) is 1. The molecular weight excluding hydrogens is 383 g/mol. The van der Waals surface area contributed by atoms with E-state index >= 15 is 0 Å². The van der Waals surface area contributed by atoms with Gasteiger partial charge in [0.05, 0.1) is 11.2 Å². The molecule has 0 unspecified atom stereocenters. The molecule has 130 valence electrons. The molecule has 0 atom stereocenters. The number of fused-ring (bicyclic) bond motifs is 1. The first kappa shape index (κ1) is 18.5. The molecule has 5 heteroatoms. The monoisotopic (exact) mass is 398 g/mol. The number of nitrogens with one attached hydrogen (secondary N) is 1. The molecule has 3 aromatic carbocycles. The van der Waals surface area contributed by atoms with Crippen LogP contribution in [-0.4, -0.2) is 9.68 Å². The van der Waals surface area contributed by atoms with Crippen molar-refractivity contribution in [1.82, 2.24) is 4.57 Å². The number of thiocarbonyl (C=S) groups is 1. The second-order valence-electron chi connectivity index (χ2n) is 5.73. The first-order valence-corrected chi connectivity index (χ1v) is 8.74. The van der Waals surface area contributed by atoms with E-state index in [9.17, 15) is 0 Å². The Labute approximate surface area is 168 Å². The van der Waals surface area contributed by atoms with Gasteiger partial charge in [0.1, 0.15) is 0 Å². The quantitative estimate of drug-likeness (QED) is 0.381. The minimum absolute atomic E-state index is 0. The molecule has 2 nitrogen and oxygen atoms in total. The molecule has 0 aliphatic heterocycles. The molecule has 4 aromatic rings. The first-order valence-electron chi connectivity index (χ1n) is 7.95. The second kappa shape index (κ2) is 7.92. The van der Waals surface area contributed by atoms with Crippen LogP contribution in [0.15, 0.2) is 84.9 Å². The third kappa shape index (κ3) is 3.61. The maximum atomic E-state index is 5.97. The number of anilines is 1. The summed E-state index contributed by atoms with van der Waals surface area (Å²) in [7, 11) is 0. The molecule has 0 aliphatic rings. The molecule has 0 bridgehead atoms. The van der Waals surface area contributed by atoms with Crippen molar-refractivity contribution in [2.45, 2.75) is 0 Å². The number of rotatable bonds is 2. The summed E-state index contributed by atoms with van der Waals surface area (Å²) in [5.74, 6) is 0. The van der Waals surface area contributed by atoms with E-state index in [1.165, 1.54) is 0 Å². The van der Waals surface area contributed by atoms with Crippen LogP contribution < -0.4 is 5.32 Å². The van der Waals surface area contributed by atoms with Gasteiger partial charge in [-0.15, -0.1) is 12.4 Å². The fourth-order valence-corrected chi connectivity index (χ4v) is 3.35. The highest BCUT2D eigenvalue weighted by molar-refractivity contribution is 7.80. The van der Waals surface area contributed by atoms with Gasteiger partial charge >= 0.3 is 0 Å². The Morgan fingerprint density at radius 3 is 2.23 bits per heavy atom. The van der Waals surface area contributed by atoms with Crippen LogP contribution in [0.4, 0.5) is 5.69 Å². The van der Waals surface area contributed by atoms with Crippen LogP contribution in [0.5, 0.6) is 0 Å². The van der Waals surface area contributed by atoms with Gasteiger partial charge in [0, 0.05) is 16.1 Å². The summed E-state index contributed by atoms with van der Waals surface area (Å²) in [6.07, 6.45) is 0. The van der Waals surface area contributed by atoms with Crippen LogP contribution in [-0.2, 0) is 0 Å². The van der Waals surface area contributed by atoms with E-state index in [1.807, 2.05) is 54.6 Å². The highest BCUT2D eigenvalue weighted by Gasteiger charge is 2.14. The average Bonchev–Trinajstić information content (AvgIpc) is 3.04. The topological polar surface area (TPSA) is 17.0 Å². The van der Waals surface area contributed by atoms with Crippen LogP contribution >= 0.6 is 36.2 Å². The zero-order chi connectivity index (χ0) is 17.2. The largest absolute Gasteiger partial charge is 0.332 e. The molecule has 4 rings (SSSR count). The van der Waals surface area contributed by atoms with Gasteiger partial charge in [-0.1, -0.05) is 60.1 Å². The second-order valence-corrected chi connectivity index (χ2v) is 6.55. The number of hydrogen-bond donors (Lipinski definition) is 1. The normalized spacial score (nSPS) is 10.3. The zero-order valence-electron chi connectivity index (χ0n) is 13.7. The Balaban J connectivity index is 0.00000196. The van der Waals surface area contributed by atoms with E-state index < -0.39 is 0 Å². The van der Waals surface area contributed by atoms with Crippen molar-refractivity contribution in [2.75, 3.05) is 5.32 Å². The van der Waals surface area contributed by atoms with Crippen LogP contribution in [0.3, 0.4) is 0 Å². The van der Waals surface area contributed by atoms with Gasteiger partial charge in [-0.2, -0.15) is 0 Å². The zero-order valence-corrected chi connectivity index (χ0v) is 16.1. The molecular formula is C21H16Cl2N2S. The van der Waals surface area contributed by atoms with E-state index in [0.717, 1.165) is 27.8 Å². The minimum Gasteiger partial charge on any atom is -0.332 e. The van der Waals surface area contributed by atoms with Gasteiger partial charge in [-0.25, -0.2) is 0 Å². The SMILES string of the molecule is Cl.S=C(Nc1ccc(Cl)cc1)n1c(-c2ccccc2)cc2ccccc21. The van der Waals surface area contributed by atoms with Crippen molar-refractivity contribution in [3.8, 4) is 11.3 Å². The minimum atomic E-state index is 0. The maximum Gasteiger partial charge on any atom is 0.182 e. The van der Waals surface area contributed by atoms with Gasteiger partial charge in [0.15, 0.2) is 5.11 Å². The van der Waals surface area contributed by atoms with E-state index in [1.54, 1.807) is 0 Å². The fraction of sp³-hybridized carbons (Fsp3) is 0. The first-order chi connectivity index (χ1) is 12.2. The lowest BCUT2D eigenvalue weighted by Crippen LogP contribution is -2.19. The van der Waals surface area contributed by atoms with Gasteiger partial charge in [0.2, 0.25) is 0 Å². The Morgan fingerprint density at radius 1 is 0.846 bits per heavy atom. The lowest BCUT2D eigenvalue weighted by Gasteiger charge is -2.14. The molecule has 0 radical (unpaired) electrons. The van der Waals surface area contributed by atoms with Crippen LogP contribution in [0.1, 0.15) is 0 Å². The predicted octanol–water partition coefficient (Wildman–Crippen LogP) is 6.63. The van der Waals surface area contributed by atoms with Gasteiger partial charge in [-0.05, 0) is 54.2 Å². The van der Waals surface area contributed by atoms with Crippen LogP contribution in [0.2, 0.25) is 5.02 Å². The van der Waals surface area contributed by atoms with Gasteiger partial charge < -0.3 is 5.32 Å². The molecule has 0 amide bonds. The Kier molecular flexibility index (Phi) is 5.62. The van der Waals surface area contributed by atoms with Gasteiger partial charge in [0.25, 0.3) is 0 Å². The summed E-state index contributed by atoms with van der Waals surface area (Å²) in [6.45, 7) is 0. The molecule has 26 heavy (non-hydrogen) atoms. The standard InChI is InChI=1S/C21H15ClN2S.ClH/c22-17-10-12-18(13-11-17)23-21(25)24-19-9-5-4-8-16(19)14-20(24)15-6-2-1-3-7-15;/h1-14H,(H,23,25);1H. The predicted molar refractivity (Wildman–Crippen MR) is 118 cm³/mol. The Hall–Kier alpha value is -2.33. The summed E-state index contributed by atoms with van der Waals surface area (Å²) in [5.41, 5.74) is 4.17. The van der Waals surface area contributed by atoms with Crippen molar-refractivity contribution in [3.05, 3.63) is 90.0 Å². The highest BCUT2D eigenvalue weighted by atomic mass is 35.5. The molecule has 0 aliphatic carbocycles. The molecule has 0 spiro atoms. The van der Waals surface area contributed by atoms with E-state index in [2.05, 4.69) is 40.2 Å².